The molecule has 0 aromatic heterocycles. The number of hydrogen-bond donors (Lipinski definition) is 1. The molecule has 1 N–H and O–H groups in total. The molecule has 1 nitrogen and oxygen atoms in total. The maximum atomic E-state index is 12.1. The van der Waals surface area contributed by atoms with Crippen molar-refractivity contribution in [3.05, 3.63) is 33.8 Å². The Morgan fingerprint density at radius 1 is 1.21 bits per heavy atom. The molecule has 1 atom stereocenters. The third kappa shape index (κ3) is 6.50. The summed E-state index contributed by atoms with van der Waals surface area (Å²) in [5, 5.41) is 3.97. The molecule has 1 rings (SSSR count). The van der Waals surface area contributed by atoms with Gasteiger partial charge in [-0.05, 0) is 44.0 Å². The van der Waals surface area contributed by atoms with Gasteiger partial charge >= 0.3 is 6.18 Å². The molecule has 6 heteroatoms. The summed E-state index contributed by atoms with van der Waals surface area (Å²) in [5.74, 6) is 0. The maximum absolute atomic E-state index is 12.1. The zero-order chi connectivity index (χ0) is 14.5. The van der Waals surface area contributed by atoms with E-state index in [1.54, 1.807) is 19.2 Å². The van der Waals surface area contributed by atoms with Crippen molar-refractivity contribution < 1.29 is 13.2 Å². The van der Waals surface area contributed by atoms with Gasteiger partial charge in [-0.3, -0.25) is 0 Å². The zero-order valence-corrected chi connectivity index (χ0v) is 12.0. The van der Waals surface area contributed by atoms with E-state index in [4.69, 9.17) is 23.2 Å². The van der Waals surface area contributed by atoms with Crippen LogP contribution in [-0.2, 0) is 6.42 Å². The highest BCUT2D eigenvalue weighted by molar-refractivity contribution is 6.42. The quantitative estimate of drug-likeness (QED) is 0.791. The highest BCUT2D eigenvalue weighted by atomic mass is 35.5. The topological polar surface area (TPSA) is 12.0 Å². The first-order chi connectivity index (χ1) is 8.81. The molecule has 0 spiro atoms. The Balaban J connectivity index is 2.49. The van der Waals surface area contributed by atoms with Crippen LogP contribution in [0.5, 0.6) is 0 Å². The van der Waals surface area contributed by atoms with Crippen LogP contribution >= 0.6 is 23.2 Å². The van der Waals surface area contributed by atoms with Gasteiger partial charge in [0.05, 0.1) is 10.0 Å². The Kier molecular flexibility index (Phi) is 6.43. The van der Waals surface area contributed by atoms with E-state index in [9.17, 15) is 13.2 Å². The molecule has 0 aliphatic heterocycles. The predicted molar refractivity (Wildman–Crippen MR) is 72.9 cm³/mol. The largest absolute Gasteiger partial charge is 0.389 e. The first-order valence-corrected chi connectivity index (χ1v) is 6.75. The average Bonchev–Trinajstić information content (AvgIpc) is 2.31. The van der Waals surface area contributed by atoms with Crippen molar-refractivity contribution in [2.24, 2.45) is 0 Å². The molecule has 0 saturated heterocycles. The van der Waals surface area contributed by atoms with Crippen LogP contribution < -0.4 is 5.32 Å². The second-order valence-corrected chi connectivity index (χ2v) is 5.26. The second-order valence-electron chi connectivity index (χ2n) is 4.45. The van der Waals surface area contributed by atoms with E-state index in [1.807, 2.05) is 6.07 Å². The Morgan fingerprint density at radius 3 is 2.42 bits per heavy atom. The fourth-order valence-electron chi connectivity index (χ4n) is 1.85. The van der Waals surface area contributed by atoms with Gasteiger partial charge in [-0.15, -0.1) is 0 Å². The lowest BCUT2D eigenvalue weighted by molar-refractivity contribution is -0.135. The van der Waals surface area contributed by atoms with Crippen LogP contribution in [0.25, 0.3) is 0 Å². The van der Waals surface area contributed by atoms with Crippen LogP contribution in [0, 0.1) is 0 Å². The molecule has 0 radical (unpaired) electrons. The summed E-state index contributed by atoms with van der Waals surface area (Å²) in [5.41, 5.74) is 0.959. The minimum Gasteiger partial charge on any atom is -0.317 e. The summed E-state index contributed by atoms with van der Waals surface area (Å²) in [6, 6.07) is 5.28. The van der Waals surface area contributed by atoms with Gasteiger partial charge in [0.2, 0.25) is 0 Å². The van der Waals surface area contributed by atoms with Gasteiger partial charge in [-0.1, -0.05) is 29.3 Å². The number of rotatable bonds is 6. The molecule has 0 heterocycles. The van der Waals surface area contributed by atoms with Gasteiger partial charge in [-0.25, -0.2) is 0 Å². The molecule has 19 heavy (non-hydrogen) atoms. The van der Waals surface area contributed by atoms with Crippen molar-refractivity contribution >= 4 is 23.2 Å². The monoisotopic (exact) mass is 313 g/mol. The van der Waals surface area contributed by atoms with Crippen LogP contribution in [-0.4, -0.2) is 19.3 Å². The van der Waals surface area contributed by atoms with Gasteiger partial charge in [0.15, 0.2) is 0 Å². The van der Waals surface area contributed by atoms with Gasteiger partial charge in [-0.2, -0.15) is 13.2 Å². The molecular weight excluding hydrogens is 298 g/mol. The smallest absolute Gasteiger partial charge is 0.317 e. The van der Waals surface area contributed by atoms with E-state index in [0.717, 1.165) is 5.56 Å². The Morgan fingerprint density at radius 2 is 1.89 bits per heavy atom. The molecule has 0 aliphatic carbocycles. The molecule has 0 aliphatic rings. The van der Waals surface area contributed by atoms with Crippen LogP contribution in [0.4, 0.5) is 13.2 Å². The third-order valence-electron chi connectivity index (χ3n) is 2.89. The van der Waals surface area contributed by atoms with E-state index >= 15 is 0 Å². The lowest BCUT2D eigenvalue weighted by Gasteiger charge is -2.17. The summed E-state index contributed by atoms with van der Waals surface area (Å²) >= 11 is 11.7. The van der Waals surface area contributed by atoms with Crippen molar-refractivity contribution in [3.63, 3.8) is 0 Å². The minimum absolute atomic E-state index is 0.000378. The summed E-state index contributed by atoms with van der Waals surface area (Å²) < 4.78 is 36.2. The standard InChI is InChI=1S/C13H16Cl2F3N/c1-19-10(3-2-6-13(16,17)18)7-9-4-5-11(14)12(15)8-9/h4-5,8,10,19H,2-3,6-7H2,1H3. The van der Waals surface area contributed by atoms with Gasteiger partial charge in [0.1, 0.15) is 0 Å². The molecule has 0 fully saturated rings. The molecule has 0 amide bonds. The van der Waals surface area contributed by atoms with Crippen molar-refractivity contribution in [1.82, 2.24) is 5.32 Å². The second kappa shape index (κ2) is 7.36. The van der Waals surface area contributed by atoms with Crippen molar-refractivity contribution in [3.8, 4) is 0 Å². The average molecular weight is 314 g/mol. The predicted octanol–water partition coefficient (Wildman–Crippen LogP) is 4.86. The molecule has 1 unspecified atom stereocenters. The first-order valence-electron chi connectivity index (χ1n) is 6.00. The zero-order valence-electron chi connectivity index (χ0n) is 10.5. The molecule has 0 saturated carbocycles. The van der Waals surface area contributed by atoms with Crippen molar-refractivity contribution in [2.45, 2.75) is 37.9 Å². The van der Waals surface area contributed by atoms with Crippen molar-refractivity contribution in [1.29, 1.82) is 0 Å². The number of hydrogen-bond acceptors (Lipinski definition) is 1. The van der Waals surface area contributed by atoms with E-state index in [0.29, 0.717) is 22.9 Å². The summed E-state index contributed by atoms with van der Waals surface area (Å²) in [4.78, 5) is 0. The SMILES string of the molecule is CNC(CCCC(F)(F)F)Cc1ccc(Cl)c(Cl)c1. The lowest BCUT2D eigenvalue weighted by Crippen LogP contribution is -2.28. The number of likely N-dealkylation sites (N-methyl/N-ethyl adjacent to an activating group) is 1. The lowest BCUT2D eigenvalue weighted by atomic mass is 10.0. The molecule has 0 bridgehead atoms. The number of alkyl halides is 3. The number of benzene rings is 1. The molecule has 1 aromatic carbocycles. The fourth-order valence-corrected chi connectivity index (χ4v) is 2.17. The maximum Gasteiger partial charge on any atom is 0.389 e. The van der Waals surface area contributed by atoms with Crippen LogP contribution in [0.15, 0.2) is 18.2 Å². The minimum atomic E-state index is -4.08. The van der Waals surface area contributed by atoms with E-state index in [-0.39, 0.29) is 12.5 Å². The normalized spacial score (nSPS) is 13.6. The van der Waals surface area contributed by atoms with E-state index in [2.05, 4.69) is 5.32 Å². The first kappa shape index (κ1) is 16.6. The summed E-state index contributed by atoms with van der Waals surface area (Å²) in [6.45, 7) is 0. The fraction of sp³-hybridized carbons (Fsp3) is 0.538. The third-order valence-corrected chi connectivity index (χ3v) is 3.63. The Hall–Kier alpha value is -0.450. The number of halogens is 5. The molecular formula is C13H16Cl2F3N. The highest BCUT2D eigenvalue weighted by Crippen LogP contribution is 2.25. The van der Waals surface area contributed by atoms with Crippen molar-refractivity contribution in [2.75, 3.05) is 7.05 Å². The molecule has 1 aromatic rings. The summed E-state index contributed by atoms with van der Waals surface area (Å²) in [7, 11) is 1.75. The van der Waals surface area contributed by atoms with E-state index in [1.165, 1.54) is 0 Å². The highest BCUT2D eigenvalue weighted by Gasteiger charge is 2.26. The van der Waals surface area contributed by atoms with E-state index < -0.39 is 12.6 Å². The van der Waals surface area contributed by atoms with Crippen LogP contribution in [0.2, 0.25) is 10.0 Å². The summed E-state index contributed by atoms with van der Waals surface area (Å²) in [6.07, 6.45) is -3.60. The number of nitrogens with one attached hydrogen (secondary N) is 1. The molecule has 108 valence electrons. The van der Waals surface area contributed by atoms with Crippen LogP contribution in [0.1, 0.15) is 24.8 Å². The van der Waals surface area contributed by atoms with Crippen LogP contribution in [0.3, 0.4) is 0 Å². The van der Waals surface area contributed by atoms with Gasteiger partial charge in [0, 0.05) is 12.5 Å². The van der Waals surface area contributed by atoms with Gasteiger partial charge < -0.3 is 5.32 Å². The Bertz CT molecular complexity index is 407. The Labute approximate surface area is 121 Å². The van der Waals surface area contributed by atoms with Gasteiger partial charge in [0.25, 0.3) is 0 Å².